The predicted octanol–water partition coefficient (Wildman–Crippen LogP) is 2.24. The Bertz CT molecular complexity index is 595. The molecule has 2 aromatic carbocycles. The van der Waals surface area contributed by atoms with Crippen molar-refractivity contribution in [3.05, 3.63) is 42.0 Å². The van der Waals surface area contributed by atoms with Crippen molar-refractivity contribution in [3.8, 4) is 5.75 Å². The first kappa shape index (κ1) is 14.3. The van der Waals surface area contributed by atoms with Crippen LogP contribution < -0.4 is 10.1 Å². The molecule has 0 unspecified atom stereocenters. The van der Waals surface area contributed by atoms with Crippen molar-refractivity contribution >= 4 is 16.7 Å². The molecule has 0 aliphatic carbocycles. The Morgan fingerprint density at radius 1 is 1.25 bits per heavy atom. The Morgan fingerprint density at radius 3 is 2.80 bits per heavy atom. The normalized spacial score (nSPS) is 10.5. The molecule has 2 N–H and O–H groups in total. The number of hydrogen-bond acceptors (Lipinski definition) is 3. The van der Waals surface area contributed by atoms with E-state index in [1.54, 1.807) is 0 Å². The van der Waals surface area contributed by atoms with E-state index < -0.39 is 0 Å². The summed E-state index contributed by atoms with van der Waals surface area (Å²) in [4.78, 5) is 11.4. The zero-order valence-corrected chi connectivity index (χ0v) is 11.6. The van der Waals surface area contributed by atoms with Crippen molar-refractivity contribution in [2.24, 2.45) is 0 Å². The molecule has 0 radical (unpaired) electrons. The maximum Gasteiger partial charge on any atom is 0.223 e. The Kier molecular flexibility index (Phi) is 4.96. The van der Waals surface area contributed by atoms with Crippen LogP contribution in [0.3, 0.4) is 0 Å². The van der Waals surface area contributed by atoms with Gasteiger partial charge in [0.15, 0.2) is 0 Å². The molecule has 106 valence electrons. The van der Waals surface area contributed by atoms with Gasteiger partial charge >= 0.3 is 0 Å². The molecular formula is C16H19NO3. The molecule has 0 aliphatic heterocycles. The zero-order valence-electron chi connectivity index (χ0n) is 11.6. The van der Waals surface area contributed by atoms with E-state index in [0.29, 0.717) is 25.3 Å². The van der Waals surface area contributed by atoms with Crippen molar-refractivity contribution in [1.29, 1.82) is 0 Å². The van der Waals surface area contributed by atoms with Crippen molar-refractivity contribution in [3.63, 3.8) is 0 Å². The number of ether oxygens (including phenoxy) is 1. The Labute approximate surface area is 118 Å². The van der Waals surface area contributed by atoms with Gasteiger partial charge in [-0.15, -0.1) is 0 Å². The highest BCUT2D eigenvalue weighted by atomic mass is 16.5. The number of hydrogen-bond donors (Lipinski definition) is 2. The predicted molar refractivity (Wildman–Crippen MR) is 78.7 cm³/mol. The minimum atomic E-state index is -0.0855. The molecule has 0 saturated heterocycles. The molecule has 0 bridgehead atoms. The van der Waals surface area contributed by atoms with Crippen LogP contribution in [0.5, 0.6) is 5.75 Å². The summed E-state index contributed by atoms with van der Waals surface area (Å²) in [6.45, 7) is 2.72. The molecule has 2 aromatic rings. The van der Waals surface area contributed by atoms with Gasteiger partial charge in [0, 0.05) is 12.1 Å². The van der Waals surface area contributed by atoms with Crippen LogP contribution in [0.15, 0.2) is 36.4 Å². The maximum absolute atomic E-state index is 11.4. The average molecular weight is 273 g/mol. The fourth-order valence-corrected chi connectivity index (χ4v) is 2.15. The minimum absolute atomic E-state index is 0.0289. The molecule has 0 saturated carbocycles. The fourth-order valence-electron chi connectivity index (χ4n) is 2.15. The van der Waals surface area contributed by atoms with Gasteiger partial charge in [-0.25, -0.2) is 0 Å². The van der Waals surface area contributed by atoms with Crippen LogP contribution in [0.2, 0.25) is 0 Å². The quantitative estimate of drug-likeness (QED) is 0.848. The molecule has 0 atom stereocenters. The summed E-state index contributed by atoms with van der Waals surface area (Å²) in [7, 11) is 0. The molecule has 0 heterocycles. The summed E-state index contributed by atoms with van der Waals surface area (Å²) in [6, 6.07) is 11.6. The van der Waals surface area contributed by atoms with E-state index >= 15 is 0 Å². The lowest BCUT2D eigenvalue weighted by atomic mass is 10.0. The number of carbonyl (C=O) groups excluding carboxylic acids is 1. The van der Waals surface area contributed by atoms with Gasteiger partial charge in [0.1, 0.15) is 5.75 Å². The first-order chi connectivity index (χ1) is 9.76. The highest BCUT2D eigenvalue weighted by Gasteiger charge is 2.08. The highest BCUT2D eigenvalue weighted by Crippen LogP contribution is 2.28. The number of rotatable bonds is 6. The van der Waals surface area contributed by atoms with Gasteiger partial charge in [0.05, 0.1) is 19.6 Å². The number of nitrogens with one attached hydrogen (secondary N) is 1. The van der Waals surface area contributed by atoms with Crippen LogP contribution in [-0.4, -0.2) is 24.2 Å². The smallest absolute Gasteiger partial charge is 0.223 e. The standard InChI is InChI=1S/C16H19NO3/c1-2-17-16(19)9-10-20-15-8-7-12-5-3-4-6-13(12)14(15)11-18/h3-8,18H,2,9-11H2,1H3,(H,17,19). The lowest BCUT2D eigenvalue weighted by Gasteiger charge is -2.12. The van der Waals surface area contributed by atoms with E-state index in [0.717, 1.165) is 16.3 Å². The van der Waals surface area contributed by atoms with Gasteiger partial charge < -0.3 is 15.2 Å². The second-order valence-corrected chi connectivity index (χ2v) is 4.47. The highest BCUT2D eigenvalue weighted by molar-refractivity contribution is 5.87. The lowest BCUT2D eigenvalue weighted by Crippen LogP contribution is -2.24. The lowest BCUT2D eigenvalue weighted by molar-refractivity contribution is -0.121. The molecule has 2 rings (SSSR count). The number of amides is 1. The summed E-state index contributed by atoms with van der Waals surface area (Å²) in [5, 5.41) is 14.3. The van der Waals surface area contributed by atoms with Gasteiger partial charge in [-0.1, -0.05) is 30.3 Å². The minimum Gasteiger partial charge on any atom is -0.493 e. The van der Waals surface area contributed by atoms with E-state index in [9.17, 15) is 9.90 Å². The zero-order chi connectivity index (χ0) is 14.4. The van der Waals surface area contributed by atoms with E-state index in [-0.39, 0.29) is 12.5 Å². The van der Waals surface area contributed by atoms with Gasteiger partial charge in [-0.3, -0.25) is 4.79 Å². The molecule has 0 aliphatic rings. The van der Waals surface area contributed by atoms with E-state index in [2.05, 4.69) is 5.32 Å². The number of benzene rings is 2. The molecule has 1 amide bonds. The van der Waals surface area contributed by atoms with E-state index in [1.165, 1.54) is 0 Å². The molecular weight excluding hydrogens is 254 g/mol. The van der Waals surface area contributed by atoms with Crippen LogP contribution in [-0.2, 0) is 11.4 Å². The Hall–Kier alpha value is -2.07. The summed E-state index contributed by atoms with van der Waals surface area (Å²) >= 11 is 0. The van der Waals surface area contributed by atoms with Crippen molar-refractivity contribution < 1.29 is 14.6 Å². The third-order valence-corrected chi connectivity index (χ3v) is 3.12. The van der Waals surface area contributed by atoms with Crippen LogP contribution in [0.1, 0.15) is 18.9 Å². The summed E-state index contributed by atoms with van der Waals surface area (Å²) in [5.74, 6) is 0.606. The molecule has 0 fully saturated rings. The number of carbonyl (C=O) groups is 1. The van der Waals surface area contributed by atoms with Crippen LogP contribution >= 0.6 is 0 Å². The van der Waals surface area contributed by atoms with Gasteiger partial charge in [-0.05, 0) is 23.8 Å². The average Bonchev–Trinajstić information content (AvgIpc) is 2.47. The maximum atomic E-state index is 11.4. The van der Waals surface area contributed by atoms with Crippen molar-refractivity contribution in [2.45, 2.75) is 20.0 Å². The number of aliphatic hydroxyl groups excluding tert-OH is 1. The molecule has 0 spiro atoms. The Morgan fingerprint density at radius 2 is 2.05 bits per heavy atom. The molecule has 20 heavy (non-hydrogen) atoms. The van der Waals surface area contributed by atoms with E-state index in [1.807, 2.05) is 43.3 Å². The second kappa shape index (κ2) is 6.91. The van der Waals surface area contributed by atoms with Crippen LogP contribution in [0, 0.1) is 0 Å². The van der Waals surface area contributed by atoms with E-state index in [4.69, 9.17) is 4.74 Å². The van der Waals surface area contributed by atoms with Gasteiger partial charge in [0.2, 0.25) is 5.91 Å². The SMILES string of the molecule is CCNC(=O)CCOc1ccc2ccccc2c1CO. The monoisotopic (exact) mass is 273 g/mol. The number of aliphatic hydroxyl groups is 1. The second-order valence-electron chi connectivity index (χ2n) is 4.47. The molecule has 0 aromatic heterocycles. The summed E-state index contributed by atoms with van der Waals surface area (Å²) in [5.41, 5.74) is 0.763. The third kappa shape index (κ3) is 3.27. The third-order valence-electron chi connectivity index (χ3n) is 3.12. The molecule has 4 nitrogen and oxygen atoms in total. The van der Waals surface area contributed by atoms with Crippen LogP contribution in [0.25, 0.3) is 10.8 Å². The number of fused-ring (bicyclic) bond motifs is 1. The van der Waals surface area contributed by atoms with Gasteiger partial charge in [-0.2, -0.15) is 0 Å². The first-order valence-corrected chi connectivity index (χ1v) is 6.77. The first-order valence-electron chi connectivity index (χ1n) is 6.77. The topological polar surface area (TPSA) is 58.6 Å². The van der Waals surface area contributed by atoms with Crippen molar-refractivity contribution in [2.75, 3.05) is 13.2 Å². The summed E-state index contributed by atoms with van der Waals surface area (Å²) < 4.78 is 5.63. The van der Waals surface area contributed by atoms with Crippen LogP contribution in [0.4, 0.5) is 0 Å². The Balaban J connectivity index is 2.12. The summed E-state index contributed by atoms with van der Waals surface area (Å²) in [6.07, 6.45) is 0.311. The van der Waals surface area contributed by atoms with Crippen molar-refractivity contribution in [1.82, 2.24) is 5.32 Å². The fraction of sp³-hybridized carbons (Fsp3) is 0.312. The largest absolute Gasteiger partial charge is 0.493 e. The van der Waals surface area contributed by atoms with Gasteiger partial charge in [0.25, 0.3) is 0 Å². The molecule has 4 heteroatoms.